The fraction of sp³-hybridized carbons (Fsp3) is 0.700. The third-order valence-electron chi connectivity index (χ3n) is 6.76. The molecular formula is C20H27N. The van der Waals surface area contributed by atoms with Crippen molar-refractivity contribution >= 4 is 0 Å². The minimum Gasteiger partial charge on any atom is -0.307 e. The molecule has 0 amide bonds. The molecule has 0 aromatic heterocycles. The molecule has 0 radical (unpaired) electrons. The summed E-state index contributed by atoms with van der Waals surface area (Å²) in [6, 6.07) is 9.18. The summed E-state index contributed by atoms with van der Waals surface area (Å²) < 4.78 is 0. The van der Waals surface area contributed by atoms with Crippen LogP contribution in [0.3, 0.4) is 0 Å². The molecule has 6 rings (SSSR count). The Morgan fingerprint density at radius 3 is 2.14 bits per heavy atom. The van der Waals surface area contributed by atoms with Crippen molar-refractivity contribution in [3.8, 4) is 0 Å². The Balaban J connectivity index is 1.34. The van der Waals surface area contributed by atoms with Crippen molar-refractivity contribution in [2.24, 2.45) is 17.8 Å². The summed E-state index contributed by atoms with van der Waals surface area (Å²) in [5.41, 5.74) is 3.72. The van der Waals surface area contributed by atoms with Crippen molar-refractivity contribution in [1.82, 2.24) is 5.32 Å². The summed E-state index contributed by atoms with van der Waals surface area (Å²) in [5.74, 6) is 4.01. The van der Waals surface area contributed by atoms with Crippen LogP contribution in [0.1, 0.15) is 68.4 Å². The minimum atomic E-state index is 0.505. The van der Waals surface area contributed by atoms with Crippen LogP contribution < -0.4 is 5.32 Å². The van der Waals surface area contributed by atoms with E-state index in [4.69, 9.17) is 0 Å². The number of rotatable bonds is 4. The van der Waals surface area contributed by atoms with Crippen molar-refractivity contribution in [3.05, 3.63) is 35.4 Å². The van der Waals surface area contributed by atoms with Crippen LogP contribution in [0.4, 0.5) is 0 Å². The fourth-order valence-electron chi connectivity index (χ4n) is 6.10. The highest BCUT2D eigenvalue weighted by molar-refractivity contribution is 5.33. The zero-order valence-corrected chi connectivity index (χ0v) is 13.0. The zero-order valence-electron chi connectivity index (χ0n) is 13.0. The molecule has 5 saturated carbocycles. The molecule has 1 aromatic rings. The summed E-state index contributed by atoms with van der Waals surface area (Å²) in [6.07, 6.45) is 11.8. The van der Waals surface area contributed by atoms with Gasteiger partial charge in [0, 0.05) is 12.1 Å². The van der Waals surface area contributed by atoms with Gasteiger partial charge < -0.3 is 5.32 Å². The standard InChI is InChI=1S/C20H27N/c1-2-4-19(17-5-6-17)18(3-1)13-21-20-10-14-7-15(11-20)9-16(8-14)12-20/h1-4,14-17,21H,5-13H2. The van der Waals surface area contributed by atoms with Crippen LogP contribution >= 0.6 is 0 Å². The van der Waals surface area contributed by atoms with Crippen molar-refractivity contribution in [1.29, 1.82) is 0 Å². The smallest absolute Gasteiger partial charge is 0.0213 e. The van der Waals surface area contributed by atoms with Crippen LogP contribution in [0.15, 0.2) is 24.3 Å². The largest absolute Gasteiger partial charge is 0.307 e. The van der Waals surface area contributed by atoms with E-state index in [1.165, 1.54) is 32.1 Å². The first kappa shape index (κ1) is 12.7. The Bertz CT molecular complexity index is 507. The van der Waals surface area contributed by atoms with E-state index in [9.17, 15) is 0 Å². The quantitative estimate of drug-likeness (QED) is 0.849. The fourth-order valence-corrected chi connectivity index (χ4v) is 6.10. The Hall–Kier alpha value is -0.820. The summed E-state index contributed by atoms with van der Waals surface area (Å²) >= 11 is 0. The topological polar surface area (TPSA) is 12.0 Å². The molecule has 0 saturated heterocycles. The molecule has 1 aromatic carbocycles. The van der Waals surface area contributed by atoms with E-state index in [-0.39, 0.29) is 0 Å². The molecule has 5 aliphatic rings. The monoisotopic (exact) mass is 281 g/mol. The van der Waals surface area contributed by atoms with Gasteiger partial charge in [-0.1, -0.05) is 24.3 Å². The molecule has 112 valence electrons. The molecule has 21 heavy (non-hydrogen) atoms. The molecule has 0 atom stereocenters. The summed E-state index contributed by atoms with van der Waals surface area (Å²) in [6.45, 7) is 1.11. The summed E-state index contributed by atoms with van der Waals surface area (Å²) in [5, 5.41) is 4.07. The van der Waals surface area contributed by atoms with Gasteiger partial charge in [0.05, 0.1) is 0 Å². The van der Waals surface area contributed by atoms with Crippen LogP contribution in [0.2, 0.25) is 0 Å². The lowest BCUT2D eigenvalue weighted by atomic mass is 9.53. The lowest BCUT2D eigenvalue weighted by molar-refractivity contribution is -0.0206. The van der Waals surface area contributed by atoms with E-state index < -0.39 is 0 Å². The van der Waals surface area contributed by atoms with E-state index in [1.54, 1.807) is 30.4 Å². The minimum absolute atomic E-state index is 0.505. The van der Waals surface area contributed by atoms with Crippen LogP contribution in [-0.2, 0) is 6.54 Å². The molecular weight excluding hydrogens is 254 g/mol. The van der Waals surface area contributed by atoms with E-state index in [0.717, 1.165) is 30.2 Å². The predicted octanol–water partition coefficient (Wildman–Crippen LogP) is 4.62. The maximum atomic E-state index is 4.07. The third-order valence-corrected chi connectivity index (χ3v) is 6.76. The third kappa shape index (κ3) is 2.25. The van der Waals surface area contributed by atoms with Gasteiger partial charge in [0.1, 0.15) is 0 Å². The highest BCUT2D eigenvalue weighted by Gasteiger charge is 2.50. The average molecular weight is 281 g/mol. The van der Waals surface area contributed by atoms with Crippen molar-refractivity contribution in [2.75, 3.05) is 0 Å². The van der Waals surface area contributed by atoms with Crippen molar-refractivity contribution in [2.45, 2.75) is 69.4 Å². The van der Waals surface area contributed by atoms with Crippen molar-refractivity contribution in [3.63, 3.8) is 0 Å². The second-order valence-corrected chi connectivity index (χ2v) is 8.52. The van der Waals surface area contributed by atoms with Gasteiger partial charge in [0.25, 0.3) is 0 Å². The predicted molar refractivity (Wildman–Crippen MR) is 86.2 cm³/mol. The zero-order chi connectivity index (χ0) is 13.9. The van der Waals surface area contributed by atoms with Crippen molar-refractivity contribution < 1.29 is 0 Å². The first-order valence-electron chi connectivity index (χ1n) is 9.12. The van der Waals surface area contributed by atoms with E-state index in [0.29, 0.717) is 5.54 Å². The average Bonchev–Trinajstić information content (AvgIpc) is 3.29. The molecule has 1 N–H and O–H groups in total. The molecule has 4 bridgehead atoms. The van der Waals surface area contributed by atoms with Gasteiger partial charge in [-0.05, 0) is 86.2 Å². The molecule has 5 fully saturated rings. The Kier molecular flexibility index (Phi) is 2.77. The second-order valence-electron chi connectivity index (χ2n) is 8.52. The summed E-state index contributed by atoms with van der Waals surface area (Å²) in [4.78, 5) is 0. The number of hydrogen-bond donors (Lipinski definition) is 1. The maximum absolute atomic E-state index is 4.07. The molecule has 0 unspecified atom stereocenters. The van der Waals surface area contributed by atoms with Gasteiger partial charge in [-0.3, -0.25) is 0 Å². The van der Waals surface area contributed by atoms with Gasteiger partial charge in [-0.25, -0.2) is 0 Å². The number of benzene rings is 1. The second kappa shape index (κ2) is 4.59. The van der Waals surface area contributed by atoms with Gasteiger partial charge in [0.2, 0.25) is 0 Å². The van der Waals surface area contributed by atoms with Gasteiger partial charge >= 0.3 is 0 Å². The number of hydrogen-bond acceptors (Lipinski definition) is 1. The van der Waals surface area contributed by atoms with Crippen LogP contribution in [0, 0.1) is 17.8 Å². The Morgan fingerprint density at radius 2 is 1.52 bits per heavy atom. The SMILES string of the molecule is c1ccc(C2CC2)c(CNC23CC4CC(CC(C4)C2)C3)c1. The van der Waals surface area contributed by atoms with Gasteiger partial charge in [0.15, 0.2) is 0 Å². The van der Waals surface area contributed by atoms with E-state index in [2.05, 4.69) is 29.6 Å². The molecule has 5 aliphatic carbocycles. The van der Waals surface area contributed by atoms with Gasteiger partial charge in [-0.15, -0.1) is 0 Å². The van der Waals surface area contributed by atoms with Crippen LogP contribution in [-0.4, -0.2) is 5.54 Å². The van der Waals surface area contributed by atoms with Gasteiger partial charge in [-0.2, -0.15) is 0 Å². The molecule has 0 heterocycles. The van der Waals surface area contributed by atoms with Crippen LogP contribution in [0.5, 0.6) is 0 Å². The highest BCUT2D eigenvalue weighted by atomic mass is 15.0. The maximum Gasteiger partial charge on any atom is 0.0213 e. The van der Waals surface area contributed by atoms with E-state index >= 15 is 0 Å². The Labute approximate surface area is 128 Å². The van der Waals surface area contributed by atoms with E-state index in [1.807, 2.05) is 0 Å². The normalized spacial score (nSPS) is 40.7. The summed E-state index contributed by atoms with van der Waals surface area (Å²) in [7, 11) is 0. The lowest BCUT2D eigenvalue weighted by Gasteiger charge is -2.57. The highest BCUT2D eigenvalue weighted by Crippen LogP contribution is 2.55. The first-order chi connectivity index (χ1) is 10.3. The Morgan fingerprint density at radius 1 is 0.905 bits per heavy atom. The number of nitrogens with one attached hydrogen (secondary N) is 1. The molecule has 1 nitrogen and oxygen atoms in total. The molecule has 1 heteroatoms. The molecule has 0 spiro atoms. The lowest BCUT2D eigenvalue weighted by Crippen LogP contribution is -2.58. The first-order valence-corrected chi connectivity index (χ1v) is 9.12. The van der Waals surface area contributed by atoms with Crippen LogP contribution in [0.25, 0.3) is 0 Å². The molecule has 0 aliphatic heterocycles.